The number of benzene rings is 3. The monoisotopic (exact) mass is 422 g/mol. The number of nitrogens with one attached hydrogen (secondary N) is 2. The normalized spacial score (nSPS) is 11.4. The van der Waals surface area contributed by atoms with Crippen LogP contribution in [-0.2, 0) is 11.3 Å². The van der Waals surface area contributed by atoms with Crippen LogP contribution in [0, 0.1) is 0 Å². The minimum absolute atomic E-state index is 0.211. The van der Waals surface area contributed by atoms with E-state index in [9.17, 15) is 9.59 Å². The number of amides is 2. The van der Waals surface area contributed by atoms with Crippen molar-refractivity contribution < 1.29 is 14.3 Å². The zero-order chi connectivity index (χ0) is 21.3. The number of rotatable bonds is 8. The van der Waals surface area contributed by atoms with Crippen LogP contribution in [0.3, 0.4) is 0 Å². The van der Waals surface area contributed by atoms with Crippen LogP contribution < -0.4 is 15.4 Å². The molecule has 2 amide bonds. The Hall–Kier alpha value is -3.31. The number of hydrogen-bond acceptors (Lipinski definition) is 3. The SMILES string of the molecule is C[C@H](NC(=O)COc1ccccc1C(=O)NCc1ccccc1)c1ccccc1Cl. The molecule has 0 fully saturated rings. The quantitative estimate of drug-likeness (QED) is 0.560. The van der Waals surface area contributed by atoms with E-state index in [2.05, 4.69) is 10.6 Å². The lowest BCUT2D eigenvalue weighted by molar-refractivity contribution is -0.123. The van der Waals surface area contributed by atoms with Gasteiger partial charge in [-0.05, 0) is 36.2 Å². The van der Waals surface area contributed by atoms with Crippen molar-refractivity contribution in [3.8, 4) is 5.75 Å². The van der Waals surface area contributed by atoms with Gasteiger partial charge < -0.3 is 15.4 Å². The van der Waals surface area contributed by atoms with E-state index in [0.717, 1.165) is 11.1 Å². The molecule has 3 aromatic rings. The predicted molar refractivity (Wildman–Crippen MR) is 118 cm³/mol. The molecular weight excluding hydrogens is 400 g/mol. The van der Waals surface area contributed by atoms with Crippen LogP contribution in [0.5, 0.6) is 5.75 Å². The standard InChI is InChI=1S/C24H23ClN2O3/c1-17(19-11-5-7-13-21(19)25)27-23(28)16-30-22-14-8-6-12-20(22)24(29)26-15-18-9-3-2-4-10-18/h2-14,17H,15-16H2,1H3,(H,26,29)(H,27,28)/t17-/m0/s1. The molecule has 1 atom stereocenters. The van der Waals surface area contributed by atoms with Gasteiger partial charge in [-0.15, -0.1) is 0 Å². The average Bonchev–Trinajstić information content (AvgIpc) is 2.77. The summed E-state index contributed by atoms with van der Waals surface area (Å²) in [6.07, 6.45) is 0. The highest BCUT2D eigenvalue weighted by Crippen LogP contribution is 2.22. The number of para-hydroxylation sites is 1. The third-order valence-corrected chi connectivity index (χ3v) is 4.88. The van der Waals surface area contributed by atoms with Crippen molar-refractivity contribution in [2.75, 3.05) is 6.61 Å². The highest BCUT2D eigenvalue weighted by atomic mass is 35.5. The lowest BCUT2D eigenvalue weighted by Crippen LogP contribution is -2.32. The third kappa shape index (κ3) is 5.84. The van der Waals surface area contributed by atoms with Crippen LogP contribution in [0.15, 0.2) is 78.9 Å². The molecule has 6 heteroatoms. The second-order valence-electron chi connectivity index (χ2n) is 6.76. The fourth-order valence-electron chi connectivity index (χ4n) is 2.98. The van der Waals surface area contributed by atoms with Crippen LogP contribution in [0.2, 0.25) is 5.02 Å². The van der Waals surface area contributed by atoms with Crippen LogP contribution in [0.4, 0.5) is 0 Å². The van der Waals surface area contributed by atoms with Crippen LogP contribution in [-0.4, -0.2) is 18.4 Å². The van der Waals surface area contributed by atoms with Gasteiger partial charge in [0.15, 0.2) is 6.61 Å². The molecule has 0 unspecified atom stereocenters. The van der Waals surface area contributed by atoms with E-state index < -0.39 is 0 Å². The summed E-state index contributed by atoms with van der Waals surface area (Å²) in [4.78, 5) is 24.9. The molecular formula is C24H23ClN2O3. The maximum Gasteiger partial charge on any atom is 0.258 e. The van der Waals surface area contributed by atoms with E-state index in [1.165, 1.54) is 0 Å². The first-order valence-electron chi connectivity index (χ1n) is 9.62. The van der Waals surface area contributed by atoms with Gasteiger partial charge in [-0.25, -0.2) is 0 Å². The van der Waals surface area contributed by atoms with Crippen LogP contribution >= 0.6 is 11.6 Å². The fraction of sp³-hybridized carbons (Fsp3) is 0.167. The van der Waals surface area contributed by atoms with E-state index in [-0.39, 0.29) is 24.5 Å². The summed E-state index contributed by atoms with van der Waals surface area (Å²) in [5.41, 5.74) is 2.20. The Labute approximate surface area is 181 Å². The first-order valence-corrected chi connectivity index (χ1v) is 10.00. The summed E-state index contributed by atoms with van der Waals surface area (Å²) in [5.74, 6) is -0.218. The summed E-state index contributed by atoms with van der Waals surface area (Å²) in [7, 11) is 0. The topological polar surface area (TPSA) is 67.4 Å². The lowest BCUT2D eigenvalue weighted by Gasteiger charge is -2.16. The number of hydrogen-bond donors (Lipinski definition) is 2. The second kappa shape index (κ2) is 10.5. The first kappa shape index (κ1) is 21.4. The van der Waals surface area contributed by atoms with Crippen molar-refractivity contribution >= 4 is 23.4 Å². The zero-order valence-electron chi connectivity index (χ0n) is 16.6. The van der Waals surface area contributed by atoms with Gasteiger partial charge in [-0.1, -0.05) is 72.3 Å². The van der Waals surface area contributed by atoms with Crippen molar-refractivity contribution in [2.45, 2.75) is 19.5 Å². The highest BCUT2D eigenvalue weighted by molar-refractivity contribution is 6.31. The second-order valence-corrected chi connectivity index (χ2v) is 7.17. The van der Waals surface area contributed by atoms with E-state index in [1.807, 2.05) is 55.5 Å². The van der Waals surface area contributed by atoms with Gasteiger partial charge in [0.25, 0.3) is 11.8 Å². The van der Waals surface area contributed by atoms with Crippen molar-refractivity contribution in [2.24, 2.45) is 0 Å². The van der Waals surface area contributed by atoms with Crippen LogP contribution in [0.1, 0.15) is 34.5 Å². The first-order chi connectivity index (χ1) is 14.5. The Morgan fingerprint density at radius 3 is 2.37 bits per heavy atom. The summed E-state index contributed by atoms with van der Waals surface area (Å²) < 4.78 is 5.63. The van der Waals surface area contributed by atoms with Gasteiger partial charge in [0, 0.05) is 11.6 Å². The van der Waals surface area contributed by atoms with Crippen molar-refractivity contribution in [1.82, 2.24) is 10.6 Å². The Bertz CT molecular complexity index is 1010. The maximum atomic E-state index is 12.6. The molecule has 0 aliphatic carbocycles. The third-order valence-electron chi connectivity index (χ3n) is 4.54. The Morgan fingerprint density at radius 2 is 1.60 bits per heavy atom. The molecule has 2 N–H and O–H groups in total. The summed E-state index contributed by atoms with van der Waals surface area (Å²) in [5, 5.41) is 6.31. The van der Waals surface area contributed by atoms with E-state index in [4.69, 9.17) is 16.3 Å². The van der Waals surface area contributed by atoms with Gasteiger partial charge in [0.2, 0.25) is 0 Å². The van der Waals surface area contributed by atoms with Crippen molar-refractivity contribution in [3.05, 3.63) is 101 Å². The number of carbonyl (C=O) groups is 2. The number of ether oxygens (including phenoxy) is 1. The molecule has 30 heavy (non-hydrogen) atoms. The Kier molecular flexibility index (Phi) is 7.46. The van der Waals surface area contributed by atoms with E-state index in [0.29, 0.717) is 22.9 Å². The highest BCUT2D eigenvalue weighted by Gasteiger charge is 2.15. The summed E-state index contributed by atoms with van der Waals surface area (Å²) in [6, 6.07) is 23.6. The molecule has 0 heterocycles. The van der Waals surface area contributed by atoms with Gasteiger partial charge in [0.1, 0.15) is 5.75 Å². The molecule has 0 radical (unpaired) electrons. The Morgan fingerprint density at radius 1 is 0.933 bits per heavy atom. The minimum Gasteiger partial charge on any atom is -0.483 e. The van der Waals surface area contributed by atoms with Gasteiger partial charge in [0.05, 0.1) is 11.6 Å². The summed E-state index contributed by atoms with van der Waals surface area (Å²) in [6.45, 7) is 2.05. The molecule has 5 nitrogen and oxygen atoms in total. The molecule has 0 spiro atoms. The lowest BCUT2D eigenvalue weighted by atomic mass is 10.1. The fourth-order valence-corrected chi connectivity index (χ4v) is 3.28. The van der Waals surface area contributed by atoms with E-state index >= 15 is 0 Å². The average molecular weight is 423 g/mol. The predicted octanol–water partition coefficient (Wildman–Crippen LogP) is 4.53. The summed E-state index contributed by atoms with van der Waals surface area (Å²) >= 11 is 6.18. The molecule has 0 bridgehead atoms. The Balaban J connectivity index is 1.57. The largest absolute Gasteiger partial charge is 0.483 e. The smallest absolute Gasteiger partial charge is 0.258 e. The van der Waals surface area contributed by atoms with Gasteiger partial charge in [-0.3, -0.25) is 9.59 Å². The maximum absolute atomic E-state index is 12.6. The molecule has 0 aromatic heterocycles. The van der Waals surface area contributed by atoms with E-state index in [1.54, 1.807) is 30.3 Å². The zero-order valence-corrected chi connectivity index (χ0v) is 17.4. The molecule has 3 rings (SSSR count). The van der Waals surface area contributed by atoms with Gasteiger partial charge >= 0.3 is 0 Å². The van der Waals surface area contributed by atoms with Gasteiger partial charge in [-0.2, -0.15) is 0 Å². The molecule has 0 aliphatic rings. The molecule has 0 saturated heterocycles. The van der Waals surface area contributed by atoms with Crippen molar-refractivity contribution in [3.63, 3.8) is 0 Å². The molecule has 0 aliphatic heterocycles. The molecule has 0 saturated carbocycles. The number of halogens is 1. The minimum atomic E-state index is -0.304. The van der Waals surface area contributed by atoms with Crippen LogP contribution in [0.25, 0.3) is 0 Å². The molecule has 3 aromatic carbocycles. The van der Waals surface area contributed by atoms with Crippen molar-refractivity contribution in [1.29, 1.82) is 0 Å². The molecule has 154 valence electrons. The number of carbonyl (C=O) groups excluding carboxylic acids is 2.